The van der Waals surface area contributed by atoms with E-state index in [0.29, 0.717) is 28.5 Å². The fraction of sp³-hybridized carbons (Fsp3) is 0.286. The number of carbonyl (C=O) groups excluding carboxylic acids is 2. The minimum absolute atomic E-state index is 0.342. The van der Waals surface area contributed by atoms with E-state index in [1.165, 1.54) is 12.0 Å². The number of rotatable bonds is 4. The number of oxime groups is 1. The van der Waals surface area contributed by atoms with Crippen molar-refractivity contribution in [3.8, 4) is 11.5 Å². The van der Waals surface area contributed by atoms with E-state index in [2.05, 4.69) is 5.16 Å². The Morgan fingerprint density at radius 2 is 1.61 bits per heavy atom. The van der Waals surface area contributed by atoms with Crippen LogP contribution in [0.4, 0.5) is 5.69 Å². The quantitative estimate of drug-likeness (QED) is 0.762. The third kappa shape index (κ3) is 2.70. The number of anilines is 1. The SMILES string of the molecule is COc1ccc(C2=NOC3C(=O)N(c4cc(C)cc(C)c4)C(=O)C23)cc1OC. The van der Waals surface area contributed by atoms with E-state index < -0.39 is 17.9 Å². The molecule has 2 aliphatic heterocycles. The van der Waals surface area contributed by atoms with E-state index in [9.17, 15) is 9.59 Å². The zero-order valence-electron chi connectivity index (χ0n) is 16.1. The van der Waals surface area contributed by atoms with Crippen molar-refractivity contribution in [1.82, 2.24) is 0 Å². The smallest absolute Gasteiger partial charge is 0.278 e. The summed E-state index contributed by atoms with van der Waals surface area (Å²) in [7, 11) is 3.08. The first-order valence-electron chi connectivity index (χ1n) is 8.87. The molecule has 0 aliphatic carbocycles. The Balaban J connectivity index is 1.71. The predicted molar refractivity (Wildman–Crippen MR) is 103 cm³/mol. The molecule has 2 aromatic rings. The number of imide groups is 1. The first-order chi connectivity index (χ1) is 13.4. The number of nitrogens with zero attached hydrogens (tertiary/aromatic N) is 2. The van der Waals surface area contributed by atoms with Crippen LogP contribution < -0.4 is 14.4 Å². The van der Waals surface area contributed by atoms with Gasteiger partial charge in [-0.1, -0.05) is 11.2 Å². The lowest BCUT2D eigenvalue weighted by atomic mass is 9.94. The number of methoxy groups -OCH3 is 2. The van der Waals surface area contributed by atoms with Crippen LogP contribution in [0.25, 0.3) is 0 Å². The van der Waals surface area contributed by atoms with E-state index in [-0.39, 0.29) is 5.91 Å². The van der Waals surface area contributed by atoms with Gasteiger partial charge < -0.3 is 14.3 Å². The van der Waals surface area contributed by atoms with Gasteiger partial charge in [-0.25, -0.2) is 4.90 Å². The first-order valence-corrected chi connectivity index (χ1v) is 8.87. The number of carbonyl (C=O) groups is 2. The van der Waals surface area contributed by atoms with Crippen LogP contribution in [-0.2, 0) is 14.4 Å². The molecule has 28 heavy (non-hydrogen) atoms. The van der Waals surface area contributed by atoms with Crippen molar-refractivity contribution in [2.75, 3.05) is 19.1 Å². The summed E-state index contributed by atoms with van der Waals surface area (Å²) in [5.74, 6) is -0.459. The molecule has 4 rings (SSSR count). The molecule has 0 N–H and O–H groups in total. The summed E-state index contributed by atoms with van der Waals surface area (Å²) < 4.78 is 10.6. The van der Waals surface area contributed by atoms with Crippen LogP contribution in [-0.4, -0.2) is 37.8 Å². The molecule has 7 heteroatoms. The van der Waals surface area contributed by atoms with Crippen molar-refractivity contribution in [2.24, 2.45) is 11.1 Å². The van der Waals surface area contributed by atoms with E-state index in [1.807, 2.05) is 32.0 Å². The second-order valence-corrected chi connectivity index (χ2v) is 6.91. The maximum absolute atomic E-state index is 13.2. The normalized spacial score (nSPS) is 20.7. The van der Waals surface area contributed by atoms with E-state index in [4.69, 9.17) is 14.3 Å². The van der Waals surface area contributed by atoms with Gasteiger partial charge in [0.15, 0.2) is 11.5 Å². The lowest BCUT2D eigenvalue weighted by Crippen LogP contribution is -2.33. The first kappa shape index (κ1) is 18.0. The molecule has 0 bridgehead atoms. The van der Waals surface area contributed by atoms with Gasteiger partial charge in [0.1, 0.15) is 11.6 Å². The van der Waals surface area contributed by atoms with Crippen molar-refractivity contribution in [3.63, 3.8) is 0 Å². The second kappa shape index (κ2) is 6.67. The minimum Gasteiger partial charge on any atom is -0.493 e. The van der Waals surface area contributed by atoms with Gasteiger partial charge in [0.05, 0.1) is 19.9 Å². The molecule has 0 spiro atoms. The van der Waals surface area contributed by atoms with Crippen LogP contribution in [0.1, 0.15) is 16.7 Å². The molecule has 2 amide bonds. The Morgan fingerprint density at radius 1 is 0.929 bits per heavy atom. The average molecular weight is 380 g/mol. The monoisotopic (exact) mass is 380 g/mol. The topological polar surface area (TPSA) is 77.4 Å². The standard InChI is InChI=1S/C21H20N2O5/c1-11-7-12(2)9-14(8-11)23-20(24)17-18(22-28-19(17)21(23)25)13-5-6-15(26-3)16(10-13)27-4/h5-10,17,19H,1-4H3. The minimum atomic E-state index is -0.948. The number of benzene rings is 2. The highest BCUT2D eigenvalue weighted by Gasteiger charge is 2.56. The van der Waals surface area contributed by atoms with Crippen LogP contribution in [0.5, 0.6) is 11.5 Å². The third-order valence-corrected chi connectivity index (χ3v) is 4.96. The molecule has 1 saturated heterocycles. The van der Waals surface area contributed by atoms with Gasteiger partial charge in [-0.2, -0.15) is 0 Å². The van der Waals surface area contributed by atoms with Crippen molar-refractivity contribution in [2.45, 2.75) is 20.0 Å². The van der Waals surface area contributed by atoms with Crippen molar-refractivity contribution < 1.29 is 23.9 Å². The number of fused-ring (bicyclic) bond motifs is 1. The van der Waals surface area contributed by atoms with Gasteiger partial charge >= 0.3 is 0 Å². The van der Waals surface area contributed by atoms with Gasteiger partial charge in [-0.15, -0.1) is 0 Å². The number of aryl methyl sites for hydroxylation is 2. The van der Waals surface area contributed by atoms with Crippen molar-refractivity contribution >= 4 is 23.2 Å². The summed E-state index contributed by atoms with van der Waals surface area (Å²) in [5, 5.41) is 4.04. The van der Waals surface area contributed by atoms with Crippen LogP contribution in [0.15, 0.2) is 41.6 Å². The molecule has 0 saturated carbocycles. The zero-order chi connectivity index (χ0) is 20.0. The summed E-state index contributed by atoms with van der Waals surface area (Å²) in [5.41, 5.74) is 3.56. The highest BCUT2D eigenvalue weighted by Crippen LogP contribution is 2.37. The van der Waals surface area contributed by atoms with Crippen LogP contribution in [0.2, 0.25) is 0 Å². The summed E-state index contributed by atoms with van der Waals surface area (Å²) in [6, 6.07) is 10.8. The summed E-state index contributed by atoms with van der Waals surface area (Å²) in [4.78, 5) is 32.6. The molecule has 2 atom stereocenters. The maximum atomic E-state index is 13.2. The predicted octanol–water partition coefficient (Wildman–Crippen LogP) is 2.61. The van der Waals surface area contributed by atoms with E-state index in [0.717, 1.165) is 11.1 Å². The molecular weight excluding hydrogens is 360 g/mol. The second-order valence-electron chi connectivity index (χ2n) is 6.91. The molecule has 2 aliphatic rings. The van der Waals surface area contributed by atoms with Crippen molar-refractivity contribution in [3.05, 3.63) is 53.1 Å². The molecule has 2 aromatic carbocycles. The fourth-order valence-corrected chi connectivity index (χ4v) is 3.75. The summed E-state index contributed by atoms with van der Waals surface area (Å²) in [6.45, 7) is 3.85. The van der Waals surface area contributed by atoms with Gasteiger partial charge in [0, 0.05) is 5.56 Å². The Morgan fingerprint density at radius 3 is 2.25 bits per heavy atom. The molecule has 7 nitrogen and oxygen atoms in total. The van der Waals surface area contributed by atoms with E-state index in [1.54, 1.807) is 25.3 Å². The summed E-state index contributed by atoms with van der Waals surface area (Å²) in [6.07, 6.45) is -0.948. The number of amides is 2. The fourth-order valence-electron chi connectivity index (χ4n) is 3.75. The number of ether oxygens (including phenoxy) is 2. The van der Waals surface area contributed by atoms with Gasteiger partial charge in [-0.05, 0) is 55.3 Å². The van der Waals surface area contributed by atoms with Crippen LogP contribution in [0, 0.1) is 19.8 Å². The maximum Gasteiger partial charge on any atom is 0.278 e. The Hall–Kier alpha value is -3.35. The molecular formula is C21H20N2O5. The highest BCUT2D eigenvalue weighted by molar-refractivity contribution is 6.32. The largest absolute Gasteiger partial charge is 0.493 e. The van der Waals surface area contributed by atoms with Gasteiger partial charge in [-0.3, -0.25) is 9.59 Å². The summed E-state index contributed by atoms with van der Waals surface area (Å²) >= 11 is 0. The lowest BCUT2D eigenvalue weighted by molar-refractivity contribution is -0.126. The molecule has 144 valence electrons. The zero-order valence-corrected chi connectivity index (χ0v) is 16.1. The van der Waals surface area contributed by atoms with E-state index >= 15 is 0 Å². The van der Waals surface area contributed by atoms with Crippen LogP contribution >= 0.6 is 0 Å². The molecule has 1 fully saturated rings. The molecule has 2 heterocycles. The Bertz CT molecular complexity index is 994. The number of hydrogen-bond donors (Lipinski definition) is 0. The Labute approximate surface area is 162 Å². The van der Waals surface area contributed by atoms with Gasteiger partial charge in [0.25, 0.3) is 5.91 Å². The van der Waals surface area contributed by atoms with Crippen molar-refractivity contribution in [1.29, 1.82) is 0 Å². The van der Waals surface area contributed by atoms with Gasteiger partial charge in [0.2, 0.25) is 12.0 Å². The molecule has 2 unspecified atom stereocenters. The molecule has 0 aromatic heterocycles. The highest BCUT2D eigenvalue weighted by atomic mass is 16.7. The van der Waals surface area contributed by atoms with Crippen LogP contribution in [0.3, 0.4) is 0 Å². The lowest BCUT2D eigenvalue weighted by Gasteiger charge is -2.17. The molecule has 0 radical (unpaired) electrons. The average Bonchev–Trinajstić information content (AvgIpc) is 3.20. The Kier molecular flexibility index (Phi) is 4.30. The third-order valence-electron chi connectivity index (χ3n) is 4.96. The number of hydrogen-bond acceptors (Lipinski definition) is 6.